The molecule has 18 atom stereocenters. The van der Waals surface area contributed by atoms with Crippen molar-refractivity contribution in [3.8, 4) is 0 Å². The van der Waals surface area contributed by atoms with E-state index in [0.717, 1.165) is 0 Å². The van der Waals surface area contributed by atoms with Gasteiger partial charge in [0.2, 0.25) is 41.4 Å². The van der Waals surface area contributed by atoms with Gasteiger partial charge in [-0.15, -0.1) is 0 Å². The summed E-state index contributed by atoms with van der Waals surface area (Å²) in [5, 5.41) is 135. The second kappa shape index (κ2) is 26.5. The van der Waals surface area contributed by atoms with Gasteiger partial charge in [0.1, 0.15) is 111 Å². The SMILES string of the molecule is O=C1CCNC(=O)[C@@H](NC(=O)CO[C@@H]2O[C@H](CO)[C@H](O)[C@H](O)[C@H]2O)CNC(=O)[C@@H](NC(=O)CO[C@@H]2O[C@H](CO)[C@@H](O)[C@H](O)[C@H]2O)CNC(=O)[C@@H](NC(=O)CO[C@H]2O[C@H](CO)[C@@H](O)[C@H](O)[C@@H]2O)CN1. The van der Waals surface area contributed by atoms with E-state index in [4.69, 9.17) is 28.4 Å². The van der Waals surface area contributed by atoms with Crippen LogP contribution in [0.1, 0.15) is 6.42 Å². The highest BCUT2D eigenvalue weighted by molar-refractivity contribution is 5.93. The predicted molar refractivity (Wildman–Crippen MR) is 212 cm³/mol. The Kier molecular flexibility index (Phi) is 21.9. The molecule has 4 heterocycles. The molecule has 0 spiro atoms. The van der Waals surface area contributed by atoms with Gasteiger partial charge in [-0.25, -0.2) is 0 Å². The highest BCUT2D eigenvalue weighted by Crippen LogP contribution is 2.24. The first-order chi connectivity index (χ1) is 32.2. The summed E-state index contributed by atoms with van der Waals surface area (Å²) < 4.78 is 31.2. The Morgan fingerprint density at radius 2 is 0.750 bits per heavy atom. The van der Waals surface area contributed by atoms with Gasteiger partial charge in [0.15, 0.2) is 18.9 Å². The van der Waals surface area contributed by atoms with Crippen molar-refractivity contribution in [1.82, 2.24) is 37.2 Å². The molecule has 388 valence electrons. The van der Waals surface area contributed by atoms with Gasteiger partial charge in [-0.3, -0.25) is 33.6 Å². The molecule has 32 nitrogen and oxygen atoms in total. The first kappa shape index (κ1) is 56.2. The number of rotatable bonds is 15. The molecule has 0 bridgehead atoms. The van der Waals surface area contributed by atoms with E-state index in [2.05, 4.69) is 37.2 Å². The zero-order chi connectivity index (χ0) is 50.4. The van der Waals surface area contributed by atoms with E-state index in [0.29, 0.717) is 0 Å². The van der Waals surface area contributed by atoms with Crippen LogP contribution < -0.4 is 37.2 Å². The number of aliphatic hydroxyl groups is 12. The third-order valence-electron chi connectivity index (χ3n) is 10.8. The third-order valence-corrected chi connectivity index (χ3v) is 10.8. The van der Waals surface area contributed by atoms with Crippen molar-refractivity contribution in [1.29, 1.82) is 0 Å². The number of carbonyl (C=O) groups is 7. The highest BCUT2D eigenvalue weighted by atomic mass is 16.7. The largest absolute Gasteiger partial charge is 0.394 e. The molecular formula is C36H59N7O25. The molecular weight excluding hydrogens is 930 g/mol. The summed E-state index contributed by atoms with van der Waals surface area (Å²) in [5.41, 5.74) is 0. The Labute approximate surface area is 384 Å². The maximum atomic E-state index is 13.7. The molecule has 0 aromatic carbocycles. The van der Waals surface area contributed by atoms with E-state index in [1.807, 2.05) is 0 Å². The fourth-order valence-corrected chi connectivity index (χ4v) is 6.80. The van der Waals surface area contributed by atoms with Crippen LogP contribution in [0.3, 0.4) is 0 Å². The van der Waals surface area contributed by atoms with Crippen LogP contribution in [-0.2, 0) is 62.0 Å². The number of amides is 7. The number of hydrogen-bond acceptors (Lipinski definition) is 25. The molecule has 68 heavy (non-hydrogen) atoms. The van der Waals surface area contributed by atoms with Gasteiger partial charge < -0.3 is 127 Å². The van der Waals surface area contributed by atoms with Crippen molar-refractivity contribution in [2.75, 3.05) is 65.8 Å². The van der Waals surface area contributed by atoms with Crippen molar-refractivity contribution < 1.29 is 123 Å². The van der Waals surface area contributed by atoms with E-state index in [-0.39, 0.29) is 0 Å². The van der Waals surface area contributed by atoms with Crippen molar-refractivity contribution >= 4 is 41.4 Å². The zero-order valence-corrected chi connectivity index (χ0v) is 35.8. The Morgan fingerprint density at radius 1 is 0.456 bits per heavy atom. The molecule has 19 N–H and O–H groups in total. The predicted octanol–water partition coefficient (Wildman–Crippen LogP) is -14.2. The van der Waals surface area contributed by atoms with E-state index < -0.39 is 224 Å². The fraction of sp³-hybridized carbons (Fsp3) is 0.806. The summed E-state index contributed by atoms with van der Waals surface area (Å²) in [5.74, 6) is -7.37. The van der Waals surface area contributed by atoms with Crippen LogP contribution in [0, 0.1) is 0 Å². The first-order valence-corrected chi connectivity index (χ1v) is 20.9. The quantitative estimate of drug-likeness (QED) is 0.0724. The Bertz CT molecular complexity index is 1660. The van der Waals surface area contributed by atoms with E-state index in [1.165, 1.54) is 0 Å². The summed E-state index contributed by atoms with van der Waals surface area (Å²) in [6.45, 7) is -8.10. The maximum absolute atomic E-state index is 13.7. The number of aliphatic hydroxyl groups excluding tert-OH is 12. The molecule has 0 radical (unpaired) electrons. The number of hydrogen-bond donors (Lipinski definition) is 19. The van der Waals surface area contributed by atoms with Crippen molar-refractivity contribution in [2.45, 2.75) is 117 Å². The van der Waals surface area contributed by atoms with Gasteiger partial charge >= 0.3 is 0 Å². The second-order valence-electron chi connectivity index (χ2n) is 15.7. The summed E-state index contributed by atoms with van der Waals surface area (Å²) in [7, 11) is 0. The van der Waals surface area contributed by atoms with Gasteiger partial charge in [0.05, 0.1) is 19.8 Å². The minimum atomic E-state index is -1.93. The number of ether oxygens (including phenoxy) is 6. The molecule has 7 amide bonds. The van der Waals surface area contributed by atoms with Gasteiger partial charge in [0, 0.05) is 32.6 Å². The lowest BCUT2D eigenvalue weighted by atomic mass is 9.99. The van der Waals surface area contributed by atoms with Crippen molar-refractivity contribution in [3.05, 3.63) is 0 Å². The molecule has 0 saturated carbocycles. The van der Waals surface area contributed by atoms with Gasteiger partial charge in [0.25, 0.3) is 0 Å². The average Bonchev–Trinajstić information content (AvgIpc) is 3.31. The van der Waals surface area contributed by atoms with E-state index in [1.54, 1.807) is 0 Å². The zero-order valence-electron chi connectivity index (χ0n) is 35.8. The summed E-state index contributed by atoms with van der Waals surface area (Å²) >= 11 is 0. The van der Waals surface area contributed by atoms with Gasteiger partial charge in [-0.1, -0.05) is 0 Å². The van der Waals surface area contributed by atoms with E-state index in [9.17, 15) is 94.8 Å². The smallest absolute Gasteiger partial charge is 0.246 e. The topological polar surface area (TPSA) is 502 Å². The lowest BCUT2D eigenvalue weighted by Gasteiger charge is -2.39. The number of carbonyl (C=O) groups excluding carboxylic acids is 7. The lowest BCUT2D eigenvalue weighted by molar-refractivity contribution is -0.299. The van der Waals surface area contributed by atoms with E-state index >= 15 is 0 Å². The molecule has 4 aliphatic heterocycles. The molecule has 4 saturated heterocycles. The average molecular weight is 990 g/mol. The van der Waals surface area contributed by atoms with Gasteiger partial charge in [-0.2, -0.15) is 0 Å². The molecule has 4 rings (SSSR count). The monoisotopic (exact) mass is 989 g/mol. The standard InChI is InChI=1S/C36H59N7O25/c44-6-15-22(51)25(54)28(57)34(66-15)63-9-19(48)41-12-3-38-18(47)1-2-37-31(60)13(42-20(49)10-64-35-29(58)26(55)23(52)16(7-45)67-35)4-39-33(62)14(5-40-32(12)61)43-21(50)11-65-36-30(59)27(56)24(53)17(8-46)68-36/h12-17,22-30,34-36,44-46,51-59H,1-11H2,(H,37,60)(H,38,47)(H,39,62)(H,40,61)(H,41,48)(H,42,49)(H,43,50)/t12-,13-,14-,15+,16+,17+,22+,23-,24+,25-,26-,27-,28-,29+,30+,34-,35+,36+/m0/s1. The van der Waals surface area contributed by atoms with Crippen LogP contribution in [-0.4, -0.2) is 279 Å². The molecule has 0 aliphatic carbocycles. The highest BCUT2D eigenvalue weighted by Gasteiger charge is 2.47. The lowest BCUT2D eigenvalue weighted by Crippen LogP contribution is -2.61. The van der Waals surface area contributed by atoms with Crippen LogP contribution in [0.5, 0.6) is 0 Å². The van der Waals surface area contributed by atoms with Crippen molar-refractivity contribution in [2.24, 2.45) is 0 Å². The maximum Gasteiger partial charge on any atom is 0.246 e. The molecule has 0 aromatic rings. The normalized spacial score (nSPS) is 37.9. The summed E-state index contributed by atoms with van der Waals surface area (Å²) in [6, 6.07) is -5.16. The first-order valence-electron chi connectivity index (χ1n) is 20.9. The van der Waals surface area contributed by atoms with Crippen LogP contribution in [0.25, 0.3) is 0 Å². The molecule has 0 unspecified atom stereocenters. The van der Waals surface area contributed by atoms with Crippen LogP contribution in [0.2, 0.25) is 0 Å². The van der Waals surface area contributed by atoms with Crippen LogP contribution in [0.4, 0.5) is 0 Å². The van der Waals surface area contributed by atoms with Crippen LogP contribution >= 0.6 is 0 Å². The summed E-state index contributed by atoms with van der Waals surface area (Å²) in [6.07, 6.45) is -26.5. The van der Waals surface area contributed by atoms with Crippen molar-refractivity contribution in [3.63, 3.8) is 0 Å². The third kappa shape index (κ3) is 15.3. The fourth-order valence-electron chi connectivity index (χ4n) is 6.80. The molecule has 32 heteroatoms. The molecule has 0 aromatic heterocycles. The minimum Gasteiger partial charge on any atom is -0.394 e. The van der Waals surface area contributed by atoms with Gasteiger partial charge in [-0.05, 0) is 0 Å². The van der Waals surface area contributed by atoms with Crippen LogP contribution in [0.15, 0.2) is 0 Å². The Hall–Kier alpha value is -4.43. The second-order valence-corrected chi connectivity index (χ2v) is 15.7. The molecule has 4 aliphatic rings. The number of nitrogens with one attached hydrogen (secondary N) is 7. The summed E-state index contributed by atoms with van der Waals surface area (Å²) in [4.78, 5) is 92.4. The minimum absolute atomic E-state index is 0.421. The Balaban J connectivity index is 1.48. The molecule has 4 fully saturated rings. The Morgan fingerprint density at radius 3 is 1.06 bits per heavy atom.